The fraction of sp³-hybridized carbons (Fsp3) is 0.148. The average molecular weight is 501 g/mol. The predicted octanol–water partition coefficient (Wildman–Crippen LogP) is 3.78. The Bertz CT molecular complexity index is 1760. The van der Waals surface area contributed by atoms with Crippen molar-refractivity contribution >= 4 is 31.7 Å². The lowest BCUT2D eigenvalue weighted by Gasteiger charge is -2.08. The van der Waals surface area contributed by atoms with Crippen LogP contribution in [0.4, 0.5) is 0 Å². The number of benzene rings is 2. The third kappa shape index (κ3) is 4.98. The monoisotopic (exact) mass is 500 g/mol. The van der Waals surface area contributed by atoms with Gasteiger partial charge in [-0.05, 0) is 46.8 Å². The average Bonchev–Trinajstić information content (AvgIpc) is 3.26. The quantitative estimate of drug-likeness (QED) is 0.365. The zero-order chi connectivity index (χ0) is 25.3. The molecule has 0 aliphatic rings. The first-order chi connectivity index (χ1) is 17.3. The molecule has 0 radical (unpaired) electrons. The van der Waals surface area contributed by atoms with Crippen molar-refractivity contribution in [3.8, 4) is 16.9 Å². The standard InChI is InChI=1S/C27H24N4O4S/c1-31-16-22(15-29-31)21-12-25-26(28-14-21)9-8-20-7-6-19(11-24(20)27(25)32)17-36(33,34)30-13-18-4-3-5-23(10-18)35-2/h3-12,14-16,30H,13,17H2,1-2H3. The molecule has 2 heterocycles. The van der Waals surface area contributed by atoms with Gasteiger partial charge in [0.1, 0.15) is 5.75 Å². The molecule has 0 amide bonds. The number of nitrogens with one attached hydrogen (secondary N) is 1. The molecule has 0 bridgehead atoms. The van der Waals surface area contributed by atoms with Gasteiger partial charge in [0.05, 0.1) is 24.6 Å². The Kier molecular flexibility index (Phi) is 6.26. The van der Waals surface area contributed by atoms with Gasteiger partial charge in [0.15, 0.2) is 5.43 Å². The van der Waals surface area contributed by atoms with Crippen molar-refractivity contribution in [3.05, 3.63) is 101 Å². The fourth-order valence-electron chi connectivity index (χ4n) is 4.11. The van der Waals surface area contributed by atoms with Gasteiger partial charge in [0, 0.05) is 47.9 Å². The van der Waals surface area contributed by atoms with Crippen molar-refractivity contribution in [2.75, 3.05) is 7.11 Å². The van der Waals surface area contributed by atoms with Crippen LogP contribution < -0.4 is 14.9 Å². The van der Waals surface area contributed by atoms with Crippen LogP contribution >= 0.6 is 0 Å². The van der Waals surface area contributed by atoms with Gasteiger partial charge in [0.2, 0.25) is 10.0 Å². The number of fused-ring (bicyclic) bond motifs is 2. The molecule has 8 nitrogen and oxygen atoms in total. The van der Waals surface area contributed by atoms with Gasteiger partial charge in [-0.1, -0.05) is 30.3 Å². The van der Waals surface area contributed by atoms with Gasteiger partial charge < -0.3 is 4.74 Å². The minimum absolute atomic E-state index is 0.141. The zero-order valence-corrected chi connectivity index (χ0v) is 20.6. The molecule has 5 aromatic rings. The Morgan fingerprint density at radius 2 is 1.78 bits per heavy atom. The van der Waals surface area contributed by atoms with Gasteiger partial charge in [-0.2, -0.15) is 5.10 Å². The number of nitrogens with zero attached hydrogens (tertiary/aromatic N) is 3. The lowest BCUT2D eigenvalue weighted by molar-refractivity contribution is 0.414. The minimum Gasteiger partial charge on any atom is -0.497 e. The summed E-state index contributed by atoms with van der Waals surface area (Å²) < 4.78 is 35.1. The highest BCUT2D eigenvalue weighted by Crippen LogP contribution is 2.22. The van der Waals surface area contributed by atoms with Crippen molar-refractivity contribution in [3.63, 3.8) is 0 Å². The van der Waals surface area contributed by atoms with E-state index >= 15 is 0 Å². The van der Waals surface area contributed by atoms with Crippen LogP contribution in [0.1, 0.15) is 11.1 Å². The van der Waals surface area contributed by atoms with Crippen LogP contribution in [0.2, 0.25) is 0 Å². The first-order valence-corrected chi connectivity index (χ1v) is 12.9. The summed E-state index contributed by atoms with van der Waals surface area (Å²) in [4.78, 5) is 18.0. The molecule has 0 fully saturated rings. The first kappa shape index (κ1) is 23.7. The number of ether oxygens (including phenoxy) is 1. The number of pyridine rings is 1. The Balaban J connectivity index is 1.47. The van der Waals surface area contributed by atoms with Crippen LogP contribution in [-0.2, 0) is 29.4 Å². The van der Waals surface area contributed by atoms with E-state index in [0.717, 1.165) is 16.7 Å². The van der Waals surface area contributed by atoms with E-state index in [-0.39, 0.29) is 17.7 Å². The van der Waals surface area contributed by atoms with Crippen LogP contribution in [0, 0.1) is 0 Å². The Hall–Kier alpha value is -4.08. The van der Waals surface area contributed by atoms with Crippen LogP contribution in [0.5, 0.6) is 5.75 Å². The Morgan fingerprint density at radius 1 is 0.944 bits per heavy atom. The highest BCUT2D eigenvalue weighted by molar-refractivity contribution is 7.88. The third-order valence-corrected chi connectivity index (χ3v) is 7.27. The highest BCUT2D eigenvalue weighted by Gasteiger charge is 2.14. The summed E-state index contributed by atoms with van der Waals surface area (Å²) in [5, 5.41) is 5.80. The molecule has 1 N–H and O–H groups in total. The second kappa shape index (κ2) is 9.52. The molecule has 36 heavy (non-hydrogen) atoms. The summed E-state index contributed by atoms with van der Waals surface area (Å²) >= 11 is 0. The summed E-state index contributed by atoms with van der Waals surface area (Å²) in [5.41, 5.74) is 3.32. The Labute approximate surface area is 208 Å². The largest absolute Gasteiger partial charge is 0.497 e. The van der Waals surface area contributed by atoms with Gasteiger partial charge in [-0.15, -0.1) is 0 Å². The van der Waals surface area contributed by atoms with Crippen molar-refractivity contribution in [1.82, 2.24) is 19.5 Å². The van der Waals surface area contributed by atoms with E-state index in [1.54, 1.807) is 72.7 Å². The summed E-state index contributed by atoms with van der Waals surface area (Å²) in [6, 6.07) is 17.8. The molecule has 5 rings (SSSR count). The number of rotatable bonds is 7. The third-order valence-electron chi connectivity index (χ3n) is 5.97. The van der Waals surface area contributed by atoms with Crippen molar-refractivity contribution in [2.24, 2.45) is 7.05 Å². The van der Waals surface area contributed by atoms with E-state index in [2.05, 4.69) is 14.8 Å². The molecule has 0 aliphatic heterocycles. The zero-order valence-electron chi connectivity index (χ0n) is 19.8. The maximum Gasteiger partial charge on any atom is 0.216 e. The van der Waals surface area contributed by atoms with Crippen molar-refractivity contribution in [1.29, 1.82) is 0 Å². The van der Waals surface area contributed by atoms with Crippen LogP contribution in [-0.4, -0.2) is 30.3 Å². The molecule has 0 aliphatic carbocycles. The van der Waals surface area contributed by atoms with Gasteiger partial charge in [-0.3, -0.25) is 14.5 Å². The van der Waals surface area contributed by atoms with Crippen molar-refractivity contribution < 1.29 is 13.2 Å². The number of hydrogen-bond donors (Lipinski definition) is 1. The van der Waals surface area contributed by atoms with Crippen LogP contribution in [0.15, 0.2) is 84.0 Å². The molecule has 0 atom stereocenters. The molecule has 0 spiro atoms. The fourth-order valence-corrected chi connectivity index (χ4v) is 5.22. The molecule has 0 saturated carbocycles. The van der Waals surface area contributed by atoms with Gasteiger partial charge in [0.25, 0.3) is 0 Å². The SMILES string of the molecule is COc1cccc(CNS(=O)(=O)Cc2ccc3ccc4ncc(-c5cnn(C)c5)cc4c(=O)c3c2)c1. The van der Waals surface area contributed by atoms with Crippen LogP contribution in [0.3, 0.4) is 0 Å². The molecule has 3 aromatic carbocycles. The lowest BCUT2D eigenvalue weighted by Crippen LogP contribution is -2.24. The summed E-state index contributed by atoms with van der Waals surface area (Å²) in [5.74, 6) is 0.410. The highest BCUT2D eigenvalue weighted by atomic mass is 32.2. The molecule has 2 aromatic heterocycles. The topological polar surface area (TPSA) is 103 Å². The molecule has 0 saturated heterocycles. The van der Waals surface area contributed by atoms with E-state index in [1.165, 1.54) is 0 Å². The number of aromatic nitrogens is 3. The smallest absolute Gasteiger partial charge is 0.216 e. The summed E-state index contributed by atoms with van der Waals surface area (Å²) in [7, 11) is -0.261. The maximum atomic E-state index is 13.5. The van der Waals surface area contributed by atoms with Crippen LogP contribution in [0.25, 0.3) is 32.8 Å². The summed E-state index contributed by atoms with van der Waals surface area (Å²) in [6.45, 7) is 0.141. The molecule has 9 heteroatoms. The number of aryl methyl sites for hydroxylation is 1. The van der Waals surface area contributed by atoms with E-state index in [0.29, 0.717) is 33.0 Å². The second-order valence-electron chi connectivity index (χ2n) is 8.58. The van der Waals surface area contributed by atoms with Crippen molar-refractivity contribution in [2.45, 2.75) is 12.3 Å². The predicted molar refractivity (Wildman–Crippen MR) is 140 cm³/mol. The number of methoxy groups -OCH3 is 1. The molecule has 182 valence electrons. The second-order valence-corrected chi connectivity index (χ2v) is 10.4. The summed E-state index contributed by atoms with van der Waals surface area (Å²) in [6.07, 6.45) is 5.29. The lowest BCUT2D eigenvalue weighted by atomic mass is 10.1. The van der Waals surface area contributed by atoms with Gasteiger partial charge >= 0.3 is 0 Å². The minimum atomic E-state index is -3.65. The number of sulfonamides is 1. The first-order valence-electron chi connectivity index (χ1n) is 11.3. The molecular formula is C27H24N4O4S. The van der Waals surface area contributed by atoms with E-state index in [1.807, 2.05) is 25.4 Å². The van der Waals surface area contributed by atoms with E-state index in [9.17, 15) is 13.2 Å². The van der Waals surface area contributed by atoms with Gasteiger partial charge in [-0.25, -0.2) is 13.1 Å². The number of hydrogen-bond acceptors (Lipinski definition) is 6. The molecule has 0 unspecified atom stereocenters. The van der Waals surface area contributed by atoms with E-state index in [4.69, 9.17) is 4.74 Å². The maximum absolute atomic E-state index is 13.5. The molecular weight excluding hydrogens is 476 g/mol. The normalized spacial score (nSPS) is 11.7. The Morgan fingerprint density at radius 3 is 2.56 bits per heavy atom. The van der Waals surface area contributed by atoms with E-state index < -0.39 is 10.0 Å².